The second-order valence-corrected chi connectivity index (χ2v) is 3.09. The summed E-state index contributed by atoms with van der Waals surface area (Å²) in [5.41, 5.74) is 0. The zero-order valence-electron chi connectivity index (χ0n) is 7.48. The molecule has 1 aliphatic heterocycles. The van der Waals surface area contributed by atoms with E-state index in [1.54, 1.807) is 12.2 Å². The lowest BCUT2D eigenvalue weighted by molar-refractivity contribution is -0.122. The summed E-state index contributed by atoms with van der Waals surface area (Å²) in [6.07, 6.45) is 5.39. The van der Waals surface area contributed by atoms with E-state index in [9.17, 15) is 9.90 Å². The van der Waals surface area contributed by atoms with Gasteiger partial charge in [-0.05, 0) is 12.5 Å². The van der Waals surface area contributed by atoms with Gasteiger partial charge in [0.05, 0.1) is 12.2 Å². The highest BCUT2D eigenvalue weighted by molar-refractivity contribution is 5.91. The van der Waals surface area contributed by atoms with Crippen LogP contribution in [0.25, 0.3) is 0 Å². The fraction of sp³-hybridized carbons (Fsp3) is 0.500. The third kappa shape index (κ3) is 3.53. The SMILES string of the molecule is C=CCC(O)CC1C=CC(=O)CO1. The van der Waals surface area contributed by atoms with Gasteiger partial charge in [-0.25, -0.2) is 0 Å². The number of ketones is 1. The average Bonchev–Trinajstić information content (AvgIpc) is 2.09. The Balaban J connectivity index is 2.33. The molecule has 0 bridgehead atoms. The minimum atomic E-state index is -0.430. The van der Waals surface area contributed by atoms with Crippen molar-refractivity contribution >= 4 is 5.78 Å². The normalized spacial score (nSPS) is 24.4. The standard InChI is InChI=1S/C10H14O3/c1-2-3-8(11)6-10-5-4-9(12)7-13-10/h2,4-5,8,10-11H,1,3,6-7H2. The molecule has 13 heavy (non-hydrogen) atoms. The average molecular weight is 182 g/mol. The van der Waals surface area contributed by atoms with E-state index < -0.39 is 6.10 Å². The Kier molecular flexibility index (Phi) is 3.86. The van der Waals surface area contributed by atoms with Crippen molar-refractivity contribution in [1.29, 1.82) is 0 Å². The maximum atomic E-state index is 10.7. The van der Waals surface area contributed by atoms with Crippen LogP contribution in [0.15, 0.2) is 24.8 Å². The number of aliphatic hydroxyl groups excluding tert-OH is 1. The topological polar surface area (TPSA) is 46.5 Å². The van der Waals surface area contributed by atoms with Gasteiger partial charge in [0, 0.05) is 6.42 Å². The van der Waals surface area contributed by atoms with Crippen LogP contribution in [0.5, 0.6) is 0 Å². The van der Waals surface area contributed by atoms with E-state index in [4.69, 9.17) is 4.74 Å². The van der Waals surface area contributed by atoms with Crippen LogP contribution in [0.3, 0.4) is 0 Å². The monoisotopic (exact) mass is 182 g/mol. The van der Waals surface area contributed by atoms with Crippen molar-refractivity contribution in [1.82, 2.24) is 0 Å². The number of carbonyl (C=O) groups is 1. The van der Waals surface area contributed by atoms with Crippen molar-refractivity contribution in [2.75, 3.05) is 6.61 Å². The number of ether oxygens (including phenoxy) is 1. The molecule has 3 nitrogen and oxygen atoms in total. The predicted octanol–water partition coefficient (Wildman–Crippen LogP) is 0.838. The second-order valence-electron chi connectivity index (χ2n) is 3.09. The van der Waals surface area contributed by atoms with Gasteiger partial charge < -0.3 is 9.84 Å². The molecule has 0 amide bonds. The maximum absolute atomic E-state index is 10.7. The molecule has 1 aliphatic rings. The number of hydrogen-bond acceptors (Lipinski definition) is 3. The van der Waals surface area contributed by atoms with Crippen LogP contribution < -0.4 is 0 Å². The van der Waals surface area contributed by atoms with Gasteiger partial charge in [-0.1, -0.05) is 12.2 Å². The summed E-state index contributed by atoms with van der Waals surface area (Å²) in [6, 6.07) is 0. The Morgan fingerprint density at radius 2 is 2.62 bits per heavy atom. The molecule has 0 saturated heterocycles. The Hall–Kier alpha value is -0.930. The number of aliphatic hydroxyl groups is 1. The Bertz CT molecular complexity index is 220. The first kappa shape index (κ1) is 10.2. The largest absolute Gasteiger partial charge is 0.393 e. The lowest BCUT2D eigenvalue weighted by Crippen LogP contribution is -2.25. The van der Waals surface area contributed by atoms with Crippen molar-refractivity contribution in [2.45, 2.75) is 25.0 Å². The molecule has 1 rings (SSSR count). The van der Waals surface area contributed by atoms with E-state index in [1.807, 2.05) is 0 Å². The zero-order chi connectivity index (χ0) is 9.68. The lowest BCUT2D eigenvalue weighted by Gasteiger charge is -2.19. The molecule has 0 aromatic carbocycles. The summed E-state index contributed by atoms with van der Waals surface area (Å²) in [7, 11) is 0. The molecule has 72 valence electrons. The van der Waals surface area contributed by atoms with E-state index in [2.05, 4.69) is 6.58 Å². The molecule has 2 atom stereocenters. The van der Waals surface area contributed by atoms with E-state index in [0.717, 1.165) is 0 Å². The first-order chi connectivity index (χ1) is 6.22. The van der Waals surface area contributed by atoms with Crippen LogP contribution in [0, 0.1) is 0 Å². The smallest absolute Gasteiger partial charge is 0.181 e. The van der Waals surface area contributed by atoms with Crippen LogP contribution in [0.4, 0.5) is 0 Å². The van der Waals surface area contributed by atoms with E-state index >= 15 is 0 Å². The third-order valence-corrected chi connectivity index (χ3v) is 1.88. The molecular weight excluding hydrogens is 168 g/mol. The van der Waals surface area contributed by atoms with Crippen molar-refractivity contribution in [3.63, 3.8) is 0 Å². The summed E-state index contributed by atoms with van der Waals surface area (Å²) in [4.78, 5) is 10.7. The van der Waals surface area contributed by atoms with Crippen LogP contribution >= 0.6 is 0 Å². The molecular formula is C10H14O3. The summed E-state index contributed by atoms with van der Waals surface area (Å²) in [5.74, 6) is -0.0190. The second kappa shape index (κ2) is 4.94. The van der Waals surface area contributed by atoms with Crippen molar-refractivity contribution in [3.05, 3.63) is 24.8 Å². The molecule has 0 spiro atoms. The van der Waals surface area contributed by atoms with Gasteiger partial charge in [-0.3, -0.25) is 4.79 Å². The fourth-order valence-corrected chi connectivity index (χ4v) is 1.21. The Morgan fingerprint density at radius 3 is 3.15 bits per heavy atom. The molecule has 0 aliphatic carbocycles. The zero-order valence-corrected chi connectivity index (χ0v) is 7.48. The molecule has 0 fully saturated rings. The van der Waals surface area contributed by atoms with Crippen molar-refractivity contribution < 1.29 is 14.6 Å². The van der Waals surface area contributed by atoms with Gasteiger partial charge in [-0.15, -0.1) is 6.58 Å². The quantitative estimate of drug-likeness (QED) is 0.655. The molecule has 0 radical (unpaired) electrons. The molecule has 3 heteroatoms. The molecule has 1 N–H and O–H groups in total. The summed E-state index contributed by atoms with van der Waals surface area (Å²) < 4.78 is 5.18. The molecule has 1 heterocycles. The van der Waals surface area contributed by atoms with Crippen LogP contribution in [0.2, 0.25) is 0 Å². The molecule has 0 saturated carbocycles. The van der Waals surface area contributed by atoms with Crippen LogP contribution in [0.1, 0.15) is 12.8 Å². The predicted molar refractivity (Wildman–Crippen MR) is 49.3 cm³/mol. The van der Waals surface area contributed by atoms with Crippen LogP contribution in [-0.2, 0) is 9.53 Å². The highest BCUT2D eigenvalue weighted by Crippen LogP contribution is 2.11. The maximum Gasteiger partial charge on any atom is 0.181 e. The molecule has 2 unspecified atom stereocenters. The third-order valence-electron chi connectivity index (χ3n) is 1.88. The molecule has 0 aromatic heterocycles. The van der Waals surface area contributed by atoms with Crippen molar-refractivity contribution in [3.8, 4) is 0 Å². The number of carbonyl (C=O) groups excluding carboxylic acids is 1. The number of rotatable bonds is 4. The minimum absolute atomic E-state index is 0.0190. The summed E-state index contributed by atoms with van der Waals surface area (Å²) in [5, 5.41) is 9.40. The van der Waals surface area contributed by atoms with E-state index in [0.29, 0.717) is 12.8 Å². The Labute approximate surface area is 77.7 Å². The van der Waals surface area contributed by atoms with Gasteiger partial charge in [-0.2, -0.15) is 0 Å². The molecule has 0 aromatic rings. The Morgan fingerprint density at radius 1 is 1.85 bits per heavy atom. The van der Waals surface area contributed by atoms with E-state index in [-0.39, 0.29) is 18.5 Å². The lowest BCUT2D eigenvalue weighted by atomic mass is 10.1. The highest BCUT2D eigenvalue weighted by atomic mass is 16.5. The van der Waals surface area contributed by atoms with Crippen LogP contribution in [-0.4, -0.2) is 29.7 Å². The first-order valence-electron chi connectivity index (χ1n) is 4.34. The van der Waals surface area contributed by atoms with Gasteiger partial charge in [0.25, 0.3) is 0 Å². The fourth-order valence-electron chi connectivity index (χ4n) is 1.21. The van der Waals surface area contributed by atoms with Gasteiger partial charge in [0.1, 0.15) is 6.61 Å². The van der Waals surface area contributed by atoms with Gasteiger partial charge >= 0.3 is 0 Å². The first-order valence-corrected chi connectivity index (χ1v) is 4.34. The summed E-state index contributed by atoms with van der Waals surface area (Å²) >= 11 is 0. The number of hydrogen-bond donors (Lipinski definition) is 1. The van der Waals surface area contributed by atoms with E-state index in [1.165, 1.54) is 6.08 Å². The van der Waals surface area contributed by atoms with Gasteiger partial charge in [0.15, 0.2) is 5.78 Å². The van der Waals surface area contributed by atoms with Crippen molar-refractivity contribution in [2.24, 2.45) is 0 Å². The highest BCUT2D eigenvalue weighted by Gasteiger charge is 2.16. The summed E-state index contributed by atoms with van der Waals surface area (Å²) in [6.45, 7) is 3.66. The minimum Gasteiger partial charge on any atom is -0.393 e. The van der Waals surface area contributed by atoms with Gasteiger partial charge in [0.2, 0.25) is 0 Å².